The second-order valence-electron chi connectivity index (χ2n) is 6.04. The second kappa shape index (κ2) is 5.48. The Morgan fingerprint density at radius 2 is 1.81 bits per heavy atom. The molecule has 0 heterocycles. The first kappa shape index (κ1) is 13.9. The third kappa shape index (κ3) is 4.04. The number of nitrogens with two attached hydrogens (primary N) is 1. The molecule has 1 unspecified atom stereocenters. The fourth-order valence-electron chi connectivity index (χ4n) is 2.24. The molecule has 0 aromatic heterocycles. The Hall–Kier alpha value is -0.120. The van der Waals surface area contributed by atoms with Gasteiger partial charge in [0.25, 0.3) is 0 Å². The van der Waals surface area contributed by atoms with E-state index in [1.54, 1.807) is 6.92 Å². The van der Waals surface area contributed by atoms with E-state index in [0.29, 0.717) is 25.0 Å². The van der Waals surface area contributed by atoms with Crippen molar-refractivity contribution >= 4 is 0 Å². The maximum absolute atomic E-state index is 9.21. The lowest BCUT2D eigenvalue weighted by atomic mass is 9.71. The monoisotopic (exact) mass is 229 g/mol. The van der Waals surface area contributed by atoms with Gasteiger partial charge in [-0.25, -0.2) is 0 Å². The molecular weight excluding hydrogens is 202 g/mol. The van der Waals surface area contributed by atoms with Crippen molar-refractivity contribution in [1.29, 1.82) is 0 Å². The highest BCUT2D eigenvalue weighted by molar-refractivity contribution is 4.91. The third-order valence-corrected chi connectivity index (χ3v) is 3.83. The predicted octanol–water partition coefficient (Wildman–Crippen LogP) is 2.07. The molecular formula is C13H27NO2. The van der Waals surface area contributed by atoms with Crippen LogP contribution in [0.1, 0.15) is 52.9 Å². The number of aliphatic hydroxyl groups is 1. The lowest BCUT2D eigenvalue weighted by molar-refractivity contribution is -0.0873. The van der Waals surface area contributed by atoms with Crippen molar-refractivity contribution in [2.24, 2.45) is 11.1 Å². The average molecular weight is 229 g/mol. The van der Waals surface area contributed by atoms with E-state index in [4.69, 9.17) is 10.5 Å². The molecule has 0 radical (unpaired) electrons. The molecule has 3 N–H and O–H groups in total. The van der Waals surface area contributed by atoms with Gasteiger partial charge >= 0.3 is 0 Å². The van der Waals surface area contributed by atoms with Crippen LogP contribution in [0.3, 0.4) is 0 Å². The summed E-state index contributed by atoms with van der Waals surface area (Å²) in [6, 6.07) is 0. The molecule has 1 atom stereocenters. The first-order valence-electron chi connectivity index (χ1n) is 6.41. The van der Waals surface area contributed by atoms with Crippen LogP contribution in [-0.2, 0) is 4.74 Å². The van der Waals surface area contributed by atoms with E-state index in [2.05, 4.69) is 13.8 Å². The maximum Gasteiger partial charge on any atom is 0.0804 e. The highest BCUT2D eigenvalue weighted by Gasteiger charge is 2.38. The van der Waals surface area contributed by atoms with Crippen molar-refractivity contribution in [2.45, 2.75) is 64.6 Å². The SMILES string of the molecule is CC(O)CCOC1(CN)CCC(C)(C)CC1. The van der Waals surface area contributed by atoms with Crippen molar-refractivity contribution in [3.05, 3.63) is 0 Å². The Bertz CT molecular complexity index is 204. The van der Waals surface area contributed by atoms with Crippen LogP contribution in [0.15, 0.2) is 0 Å². The molecule has 1 aliphatic carbocycles. The molecule has 0 saturated heterocycles. The summed E-state index contributed by atoms with van der Waals surface area (Å²) >= 11 is 0. The van der Waals surface area contributed by atoms with Crippen LogP contribution < -0.4 is 5.73 Å². The fourth-order valence-corrected chi connectivity index (χ4v) is 2.24. The summed E-state index contributed by atoms with van der Waals surface area (Å²) in [5.74, 6) is 0. The Balaban J connectivity index is 2.40. The topological polar surface area (TPSA) is 55.5 Å². The van der Waals surface area contributed by atoms with Gasteiger partial charge in [-0.3, -0.25) is 0 Å². The number of hydrogen-bond donors (Lipinski definition) is 2. The first-order valence-corrected chi connectivity index (χ1v) is 6.41. The van der Waals surface area contributed by atoms with E-state index in [9.17, 15) is 5.11 Å². The minimum Gasteiger partial charge on any atom is -0.393 e. The molecule has 0 spiro atoms. The highest BCUT2D eigenvalue weighted by Crippen LogP contribution is 2.41. The zero-order valence-corrected chi connectivity index (χ0v) is 11.0. The molecule has 1 aliphatic rings. The smallest absolute Gasteiger partial charge is 0.0804 e. The lowest BCUT2D eigenvalue weighted by Gasteiger charge is -2.43. The van der Waals surface area contributed by atoms with Gasteiger partial charge in [0.2, 0.25) is 0 Å². The van der Waals surface area contributed by atoms with E-state index in [1.165, 1.54) is 12.8 Å². The molecule has 0 aromatic rings. The van der Waals surface area contributed by atoms with Gasteiger partial charge < -0.3 is 15.6 Å². The van der Waals surface area contributed by atoms with Gasteiger partial charge in [-0.2, -0.15) is 0 Å². The van der Waals surface area contributed by atoms with Crippen LogP contribution in [0.4, 0.5) is 0 Å². The number of ether oxygens (including phenoxy) is 1. The van der Waals surface area contributed by atoms with Crippen molar-refractivity contribution in [3.8, 4) is 0 Å². The standard InChI is InChI=1S/C13H27NO2/c1-11(15)4-9-16-13(10-14)7-5-12(2,3)6-8-13/h11,15H,4-10,14H2,1-3H3. The van der Waals surface area contributed by atoms with Crippen molar-refractivity contribution in [3.63, 3.8) is 0 Å². The summed E-state index contributed by atoms with van der Waals surface area (Å²) in [6.07, 6.45) is 4.88. The Labute approximate surface area is 99.4 Å². The van der Waals surface area contributed by atoms with Crippen molar-refractivity contribution in [1.82, 2.24) is 0 Å². The Morgan fingerprint density at radius 3 is 2.25 bits per heavy atom. The van der Waals surface area contributed by atoms with Gasteiger partial charge in [0, 0.05) is 13.2 Å². The van der Waals surface area contributed by atoms with Gasteiger partial charge in [0.15, 0.2) is 0 Å². The first-order chi connectivity index (χ1) is 7.39. The average Bonchev–Trinajstić information content (AvgIpc) is 2.21. The quantitative estimate of drug-likeness (QED) is 0.759. The molecule has 0 aromatic carbocycles. The maximum atomic E-state index is 9.21. The van der Waals surface area contributed by atoms with Gasteiger partial charge in [-0.15, -0.1) is 0 Å². The fraction of sp³-hybridized carbons (Fsp3) is 1.00. The molecule has 3 heteroatoms. The molecule has 0 aliphatic heterocycles. The summed E-state index contributed by atoms with van der Waals surface area (Å²) in [5.41, 5.74) is 6.17. The molecule has 0 bridgehead atoms. The molecule has 1 fully saturated rings. The number of aliphatic hydroxyl groups excluding tert-OH is 1. The van der Waals surface area contributed by atoms with Crippen LogP contribution in [0, 0.1) is 5.41 Å². The van der Waals surface area contributed by atoms with E-state index in [0.717, 1.165) is 12.8 Å². The third-order valence-electron chi connectivity index (χ3n) is 3.83. The Kier molecular flexibility index (Phi) is 4.77. The van der Waals surface area contributed by atoms with Gasteiger partial charge in [-0.1, -0.05) is 13.8 Å². The lowest BCUT2D eigenvalue weighted by Crippen LogP contribution is -2.46. The molecule has 16 heavy (non-hydrogen) atoms. The largest absolute Gasteiger partial charge is 0.393 e. The summed E-state index contributed by atoms with van der Waals surface area (Å²) in [7, 11) is 0. The Morgan fingerprint density at radius 1 is 1.25 bits per heavy atom. The van der Waals surface area contributed by atoms with Crippen LogP contribution >= 0.6 is 0 Å². The number of hydrogen-bond acceptors (Lipinski definition) is 3. The van der Waals surface area contributed by atoms with Crippen LogP contribution in [0.5, 0.6) is 0 Å². The summed E-state index contributed by atoms with van der Waals surface area (Å²) in [4.78, 5) is 0. The van der Waals surface area contributed by atoms with Crippen LogP contribution in [0.25, 0.3) is 0 Å². The zero-order valence-electron chi connectivity index (χ0n) is 11.0. The molecule has 1 saturated carbocycles. The van der Waals surface area contributed by atoms with Gasteiger partial charge in [-0.05, 0) is 44.4 Å². The van der Waals surface area contributed by atoms with Gasteiger partial charge in [0.1, 0.15) is 0 Å². The zero-order chi connectivity index (χ0) is 12.2. The predicted molar refractivity (Wildman–Crippen MR) is 66.3 cm³/mol. The minimum absolute atomic E-state index is 0.121. The molecule has 1 rings (SSSR count). The summed E-state index contributed by atoms with van der Waals surface area (Å²) in [5, 5.41) is 9.21. The summed E-state index contributed by atoms with van der Waals surface area (Å²) in [6.45, 7) is 7.63. The molecule has 3 nitrogen and oxygen atoms in total. The van der Waals surface area contributed by atoms with Crippen LogP contribution in [-0.4, -0.2) is 30.0 Å². The van der Waals surface area contributed by atoms with Crippen LogP contribution in [0.2, 0.25) is 0 Å². The van der Waals surface area contributed by atoms with E-state index < -0.39 is 0 Å². The summed E-state index contributed by atoms with van der Waals surface area (Å²) < 4.78 is 5.94. The van der Waals surface area contributed by atoms with Gasteiger partial charge in [0.05, 0.1) is 11.7 Å². The molecule has 96 valence electrons. The van der Waals surface area contributed by atoms with E-state index >= 15 is 0 Å². The highest BCUT2D eigenvalue weighted by atomic mass is 16.5. The normalized spacial score (nSPS) is 25.3. The molecule has 0 amide bonds. The van der Waals surface area contributed by atoms with E-state index in [1.807, 2.05) is 0 Å². The second-order valence-corrected chi connectivity index (χ2v) is 6.04. The number of rotatable bonds is 5. The van der Waals surface area contributed by atoms with Crippen molar-refractivity contribution in [2.75, 3.05) is 13.2 Å². The minimum atomic E-state index is -0.283. The van der Waals surface area contributed by atoms with Crippen molar-refractivity contribution < 1.29 is 9.84 Å². The van der Waals surface area contributed by atoms with E-state index in [-0.39, 0.29) is 11.7 Å².